The van der Waals surface area contributed by atoms with E-state index >= 15 is 0 Å². The number of carbonyl (C=O) groups excluding carboxylic acids is 3. The minimum absolute atomic E-state index is 0.0608. The third-order valence-electron chi connectivity index (χ3n) is 8.54. The van der Waals surface area contributed by atoms with Crippen molar-refractivity contribution in [2.24, 2.45) is 23.5 Å². The smallest absolute Gasteiger partial charge is 0.412 e. The van der Waals surface area contributed by atoms with E-state index in [-0.39, 0.29) is 29.7 Å². The molecule has 1 aromatic rings. The van der Waals surface area contributed by atoms with Gasteiger partial charge < -0.3 is 20.7 Å². The first-order chi connectivity index (χ1) is 18.1. The van der Waals surface area contributed by atoms with Crippen LogP contribution in [0.5, 0.6) is 0 Å². The summed E-state index contributed by atoms with van der Waals surface area (Å²) in [5, 5.41) is 3.08. The number of nitrogens with zero attached hydrogens (tertiary/aromatic N) is 2. The normalized spacial score (nSPS) is 30.2. The Balaban J connectivity index is 1.57. The van der Waals surface area contributed by atoms with Gasteiger partial charge in [-0.2, -0.15) is 0 Å². The van der Waals surface area contributed by atoms with Gasteiger partial charge in [-0.15, -0.1) is 0 Å². The SMILES string of the molecule is CC1CCC(C(C)C)C(OC(=O)N2CCCN(C(=O)c3ccc(F)cc3)C2C(=O)NC2CCC(N)CC2)C1. The summed E-state index contributed by atoms with van der Waals surface area (Å²) in [5.41, 5.74) is 6.31. The molecule has 4 unspecified atom stereocenters. The number of nitrogens with one attached hydrogen (secondary N) is 1. The summed E-state index contributed by atoms with van der Waals surface area (Å²) in [4.78, 5) is 43.8. The molecule has 8 nitrogen and oxygen atoms in total. The van der Waals surface area contributed by atoms with Crippen LogP contribution in [0.25, 0.3) is 0 Å². The van der Waals surface area contributed by atoms with E-state index in [4.69, 9.17) is 10.5 Å². The maximum Gasteiger partial charge on any atom is 0.412 e. The fourth-order valence-corrected chi connectivity index (χ4v) is 6.26. The molecule has 2 aliphatic carbocycles. The molecule has 3 amide bonds. The van der Waals surface area contributed by atoms with Crippen LogP contribution < -0.4 is 11.1 Å². The van der Waals surface area contributed by atoms with Gasteiger partial charge in [0.05, 0.1) is 0 Å². The summed E-state index contributed by atoms with van der Waals surface area (Å²) in [6.07, 6.45) is 4.64. The van der Waals surface area contributed by atoms with E-state index in [2.05, 4.69) is 26.1 Å². The van der Waals surface area contributed by atoms with Gasteiger partial charge in [0.1, 0.15) is 11.9 Å². The van der Waals surface area contributed by atoms with Gasteiger partial charge in [-0.25, -0.2) is 9.18 Å². The van der Waals surface area contributed by atoms with Crippen molar-refractivity contribution in [3.63, 3.8) is 0 Å². The van der Waals surface area contributed by atoms with Crippen molar-refractivity contribution in [3.05, 3.63) is 35.6 Å². The molecule has 2 saturated carbocycles. The molecule has 210 valence electrons. The van der Waals surface area contributed by atoms with Gasteiger partial charge in [0.25, 0.3) is 11.8 Å². The van der Waals surface area contributed by atoms with Crippen LogP contribution in [0, 0.1) is 23.6 Å². The van der Waals surface area contributed by atoms with E-state index in [1.807, 2.05) is 0 Å². The largest absolute Gasteiger partial charge is 0.446 e. The molecule has 0 aromatic heterocycles. The number of carbonyl (C=O) groups is 3. The van der Waals surface area contributed by atoms with E-state index in [9.17, 15) is 18.8 Å². The lowest BCUT2D eigenvalue weighted by Crippen LogP contribution is -2.65. The first kappa shape index (κ1) is 28.3. The highest BCUT2D eigenvalue weighted by Crippen LogP contribution is 2.36. The fraction of sp³-hybridized carbons (Fsp3) is 0.690. The standard InChI is InChI=1S/C29H43FN4O4/c1-18(2)24-14-5-19(3)17-25(24)38-29(37)34-16-4-15-33(28(36)20-6-8-21(30)9-7-20)27(34)26(35)32-23-12-10-22(31)11-13-23/h6-9,18-19,22-25,27H,4-5,10-17,31H2,1-3H3,(H,32,35). The molecule has 3 aliphatic rings. The van der Waals surface area contributed by atoms with Crippen molar-refractivity contribution in [2.75, 3.05) is 13.1 Å². The minimum Gasteiger partial charge on any atom is -0.446 e. The number of hydrogen-bond acceptors (Lipinski definition) is 5. The zero-order valence-electron chi connectivity index (χ0n) is 22.9. The molecule has 1 saturated heterocycles. The molecule has 1 heterocycles. The second-order valence-electron chi connectivity index (χ2n) is 11.8. The van der Waals surface area contributed by atoms with Gasteiger partial charge in [-0.1, -0.05) is 27.2 Å². The predicted molar refractivity (Wildman–Crippen MR) is 143 cm³/mol. The van der Waals surface area contributed by atoms with Gasteiger partial charge in [0.15, 0.2) is 6.17 Å². The lowest BCUT2D eigenvalue weighted by Gasteiger charge is -2.44. The Morgan fingerprint density at radius 2 is 1.66 bits per heavy atom. The van der Waals surface area contributed by atoms with Gasteiger partial charge in [0, 0.05) is 30.7 Å². The lowest BCUT2D eigenvalue weighted by molar-refractivity contribution is -0.135. The highest BCUT2D eigenvalue weighted by Gasteiger charge is 2.43. The molecule has 9 heteroatoms. The van der Waals surface area contributed by atoms with Crippen LogP contribution in [0.4, 0.5) is 9.18 Å². The van der Waals surface area contributed by atoms with Crippen molar-refractivity contribution < 1.29 is 23.5 Å². The quantitative estimate of drug-likeness (QED) is 0.591. The molecule has 4 atom stereocenters. The second-order valence-corrected chi connectivity index (χ2v) is 11.8. The summed E-state index contributed by atoms with van der Waals surface area (Å²) >= 11 is 0. The Morgan fingerprint density at radius 1 is 1.00 bits per heavy atom. The first-order valence-corrected chi connectivity index (χ1v) is 14.2. The zero-order chi connectivity index (χ0) is 27.4. The van der Waals surface area contributed by atoms with Gasteiger partial charge in [0.2, 0.25) is 0 Å². The van der Waals surface area contributed by atoms with Crippen LogP contribution in [0.15, 0.2) is 24.3 Å². The van der Waals surface area contributed by atoms with Gasteiger partial charge in [-0.3, -0.25) is 14.5 Å². The predicted octanol–water partition coefficient (Wildman–Crippen LogP) is 4.28. The monoisotopic (exact) mass is 530 g/mol. The molecule has 3 N–H and O–H groups in total. The fourth-order valence-electron chi connectivity index (χ4n) is 6.26. The average molecular weight is 531 g/mol. The second kappa shape index (κ2) is 12.5. The molecule has 38 heavy (non-hydrogen) atoms. The number of halogens is 1. The van der Waals surface area contributed by atoms with E-state index in [1.165, 1.54) is 34.1 Å². The summed E-state index contributed by atoms with van der Waals surface area (Å²) in [7, 11) is 0. The average Bonchev–Trinajstić information content (AvgIpc) is 2.89. The third kappa shape index (κ3) is 6.65. The Labute approximate surface area is 225 Å². The summed E-state index contributed by atoms with van der Waals surface area (Å²) in [5.74, 6) is -0.172. The zero-order valence-corrected chi connectivity index (χ0v) is 22.9. The third-order valence-corrected chi connectivity index (χ3v) is 8.54. The van der Waals surface area contributed by atoms with E-state index in [0.717, 1.165) is 44.9 Å². The van der Waals surface area contributed by atoms with Crippen LogP contribution in [0.3, 0.4) is 0 Å². The molecule has 0 spiro atoms. The molecule has 0 bridgehead atoms. The molecular weight excluding hydrogens is 487 g/mol. The Morgan fingerprint density at radius 3 is 2.32 bits per heavy atom. The lowest BCUT2D eigenvalue weighted by atomic mass is 9.75. The Kier molecular flexibility index (Phi) is 9.28. The van der Waals surface area contributed by atoms with Crippen LogP contribution in [-0.4, -0.2) is 65.2 Å². The summed E-state index contributed by atoms with van der Waals surface area (Å²) in [6.45, 7) is 7.10. The maximum atomic E-state index is 13.7. The van der Waals surface area contributed by atoms with Gasteiger partial charge in [-0.05, 0) is 87.0 Å². The van der Waals surface area contributed by atoms with Crippen molar-refractivity contribution in [1.29, 1.82) is 0 Å². The molecule has 4 rings (SSSR count). The number of hydrogen-bond donors (Lipinski definition) is 2. The summed E-state index contributed by atoms with van der Waals surface area (Å²) < 4.78 is 19.6. The van der Waals surface area contributed by atoms with Crippen LogP contribution in [-0.2, 0) is 9.53 Å². The number of nitrogens with two attached hydrogens (primary N) is 1. The van der Waals surface area contributed by atoms with Gasteiger partial charge >= 0.3 is 6.09 Å². The number of benzene rings is 1. The van der Waals surface area contributed by atoms with E-state index < -0.39 is 29.9 Å². The Hall–Kier alpha value is -2.68. The van der Waals surface area contributed by atoms with E-state index in [1.54, 1.807) is 0 Å². The minimum atomic E-state index is -1.14. The highest BCUT2D eigenvalue weighted by molar-refractivity contribution is 5.98. The molecular formula is C29H43FN4O4. The molecule has 0 radical (unpaired) electrons. The first-order valence-electron chi connectivity index (χ1n) is 14.2. The number of ether oxygens (including phenoxy) is 1. The topological polar surface area (TPSA) is 105 Å². The molecule has 3 fully saturated rings. The number of rotatable bonds is 5. The van der Waals surface area contributed by atoms with Crippen LogP contribution in [0.2, 0.25) is 0 Å². The van der Waals surface area contributed by atoms with Crippen LogP contribution >= 0.6 is 0 Å². The molecule has 1 aliphatic heterocycles. The van der Waals surface area contributed by atoms with E-state index in [0.29, 0.717) is 31.3 Å². The Bertz CT molecular complexity index is 979. The summed E-state index contributed by atoms with van der Waals surface area (Å²) in [6, 6.07) is 5.33. The molecule has 1 aromatic carbocycles. The van der Waals surface area contributed by atoms with Crippen molar-refractivity contribution >= 4 is 17.9 Å². The number of amides is 3. The van der Waals surface area contributed by atoms with Crippen molar-refractivity contribution in [3.8, 4) is 0 Å². The highest BCUT2D eigenvalue weighted by atomic mass is 19.1. The maximum absolute atomic E-state index is 13.7. The van der Waals surface area contributed by atoms with Crippen molar-refractivity contribution in [2.45, 2.75) is 96.5 Å². The van der Waals surface area contributed by atoms with Crippen molar-refractivity contribution in [1.82, 2.24) is 15.1 Å². The van der Waals surface area contributed by atoms with Crippen LogP contribution in [0.1, 0.15) is 82.5 Å².